The minimum absolute atomic E-state index is 0.0388. The van der Waals surface area contributed by atoms with Gasteiger partial charge in [-0.2, -0.15) is 0 Å². The van der Waals surface area contributed by atoms with Crippen LogP contribution in [0.4, 0.5) is 4.39 Å². The van der Waals surface area contributed by atoms with E-state index in [4.69, 9.17) is 0 Å². The number of nitrogens with one attached hydrogen (secondary N) is 1. The Morgan fingerprint density at radius 1 is 1.04 bits per heavy atom. The number of nitrogens with zero attached hydrogens (tertiary/aromatic N) is 1. The van der Waals surface area contributed by atoms with Crippen LogP contribution in [0.3, 0.4) is 0 Å². The Kier molecular flexibility index (Phi) is 6.72. The summed E-state index contributed by atoms with van der Waals surface area (Å²) < 4.78 is 14.1. The summed E-state index contributed by atoms with van der Waals surface area (Å²) in [5.74, 6) is -0.875. The molecule has 0 aliphatic carbocycles. The van der Waals surface area contributed by atoms with Crippen molar-refractivity contribution in [3.8, 4) is 0 Å². The SMILES string of the molecule is CC(C(=O)NC(C)(C)C)N(Cc1ccccc1F)C(=O)Cc1ccccc1. The summed E-state index contributed by atoms with van der Waals surface area (Å²) in [6.45, 7) is 7.35. The zero-order valence-electron chi connectivity index (χ0n) is 16.3. The molecule has 0 radical (unpaired) electrons. The van der Waals surface area contributed by atoms with Crippen LogP contribution in [-0.4, -0.2) is 28.3 Å². The van der Waals surface area contributed by atoms with Gasteiger partial charge in [-0.1, -0.05) is 48.5 Å². The minimum atomic E-state index is -0.722. The first-order chi connectivity index (χ1) is 12.7. The maximum atomic E-state index is 14.1. The van der Waals surface area contributed by atoms with Gasteiger partial charge in [-0.3, -0.25) is 9.59 Å². The molecule has 1 N–H and O–H groups in total. The molecule has 0 spiro atoms. The van der Waals surface area contributed by atoms with E-state index in [-0.39, 0.29) is 24.8 Å². The molecule has 144 valence electrons. The summed E-state index contributed by atoms with van der Waals surface area (Å²) in [5.41, 5.74) is 0.816. The van der Waals surface area contributed by atoms with Gasteiger partial charge < -0.3 is 10.2 Å². The van der Waals surface area contributed by atoms with Crippen LogP contribution in [0.1, 0.15) is 38.8 Å². The van der Waals surface area contributed by atoms with Gasteiger partial charge in [-0.15, -0.1) is 0 Å². The van der Waals surface area contributed by atoms with Crippen LogP contribution in [0.2, 0.25) is 0 Å². The molecule has 2 amide bonds. The van der Waals surface area contributed by atoms with Crippen molar-refractivity contribution < 1.29 is 14.0 Å². The van der Waals surface area contributed by atoms with Crippen molar-refractivity contribution in [3.63, 3.8) is 0 Å². The first-order valence-electron chi connectivity index (χ1n) is 9.06. The molecule has 0 aliphatic heterocycles. The maximum Gasteiger partial charge on any atom is 0.242 e. The smallest absolute Gasteiger partial charge is 0.242 e. The Bertz CT molecular complexity index is 784. The summed E-state index contributed by atoms with van der Waals surface area (Å²) in [6.07, 6.45) is 0.155. The van der Waals surface area contributed by atoms with Crippen LogP contribution in [0.15, 0.2) is 54.6 Å². The fraction of sp³-hybridized carbons (Fsp3) is 0.364. The van der Waals surface area contributed by atoms with Gasteiger partial charge in [0.15, 0.2) is 0 Å². The minimum Gasteiger partial charge on any atom is -0.350 e. The molecule has 2 aromatic rings. The molecule has 0 aliphatic rings. The van der Waals surface area contributed by atoms with Gasteiger partial charge in [0.1, 0.15) is 11.9 Å². The lowest BCUT2D eigenvalue weighted by Crippen LogP contribution is -2.52. The molecule has 0 fully saturated rings. The zero-order valence-corrected chi connectivity index (χ0v) is 16.3. The highest BCUT2D eigenvalue weighted by Crippen LogP contribution is 2.15. The summed E-state index contributed by atoms with van der Waals surface area (Å²) in [5, 5.41) is 2.89. The summed E-state index contributed by atoms with van der Waals surface area (Å²) in [6, 6.07) is 14.9. The second-order valence-electron chi connectivity index (χ2n) is 7.69. The van der Waals surface area contributed by atoms with E-state index < -0.39 is 17.4 Å². The largest absolute Gasteiger partial charge is 0.350 e. The van der Waals surface area contributed by atoms with E-state index in [0.29, 0.717) is 5.56 Å². The second kappa shape index (κ2) is 8.80. The number of carbonyl (C=O) groups excluding carboxylic acids is 2. The normalized spacial score (nSPS) is 12.3. The molecular formula is C22H27FN2O2. The Morgan fingerprint density at radius 3 is 2.22 bits per heavy atom. The molecular weight excluding hydrogens is 343 g/mol. The number of hydrogen-bond donors (Lipinski definition) is 1. The number of carbonyl (C=O) groups is 2. The molecule has 27 heavy (non-hydrogen) atoms. The van der Waals surface area contributed by atoms with Gasteiger partial charge in [0.25, 0.3) is 0 Å². The molecule has 1 unspecified atom stereocenters. The van der Waals surface area contributed by atoms with Crippen LogP contribution in [0.5, 0.6) is 0 Å². The number of rotatable bonds is 6. The van der Waals surface area contributed by atoms with Gasteiger partial charge in [0.2, 0.25) is 11.8 Å². The van der Waals surface area contributed by atoms with Gasteiger partial charge in [-0.25, -0.2) is 4.39 Å². The van der Waals surface area contributed by atoms with E-state index >= 15 is 0 Å². The highest BCUT2D eigenvalue weighted by Gasteiger charge is 2.28. The number of amides is 2. The van der Waals surface area contributed by atoms with Gasteiger partial charge in [-0.05, 0) is 39.3 Å². The van der Waals surface area contributed by atoms with Crippen molar-refractivity contribution in [2.24, 2.45) is 0 Å². The fourth-order valence-corrected chi connectivity index (χ4v) is 2.74. The van der Waals surface area contributed by atoms with E-state index in [0.717, 1.165) is 5.56 Å². The van der Waals surface area contributed by atoms with Crippen LogP contribution in [-0.2, 0) is 22.6 Å². The van der Waals surface area contributed by atoms with Crippen molar-refractivity contribution in [2.45, 2.75) is 52.2 Å². The lowest BCUT2D eigenvalue weighted by Gasteiger charge is -2.31. The lowest BCUT2D eigenvalue weighted by molar-refractivity contribution is -0.140. The number of halogens is 1. The van der Waals surface area contributed by atoms with Crippen LogP contribution in [0, 0.1) is 5.82 Å². The Morgan fingerprint density at radius 2 is 1.63 bits per heavy atom. The topological polar surface area (TPSA) is 49.4 Å². The van der Waals surface area contributed by atoms with Crippen LogP contribution in [0.25, 0.3) is 0 Å². The summed E-state index contributed by atoms with van der Waals surface area (Å²) >= 11 is 0. The summed E-state index contributed by atoms with van der Waals surface area (Å²) in [4.78, 5) is 27.0. The molecule has 4 nitrogen and oxygen atoms in total. The average molecular weight is 370 g/mol. The molecule has 1 atom stereocenters. The van der Waals surface area contributed by atoms with Gasteiger partial charge in [0, 0.05) is 17.6 Å². The van der Waals surface area contributed by atoms with Crippen molar-refractivity contribution in [1.82, 2.24) is 10.2 Å². The van der Waals surface area contributed by atoms with E-state index in [1.807, 2.05) is 51.1 Å². The standard InChI is InChI=1S/C22H27FN2O2/c1-16(21(27)24-22(2,3)4)25(15-18-12-8-9-13-19(18)23)20(26)14-17-10-6-5-7-11-17/h5-13,16H,14-15H2,1-4H3,(H,24,27). The molecule has 0 bridgehead atoms. The van der Waals surface area contributed by atoms with Gasteiger partial charge >= 0.3 is 0 Å². The third kappa shape index (κ3) is 6.20. The molecule has 0 heterocycles. The van der Waals surface area contributed by atoms with E-state index in [1.54, 1.807) is 25.1 Å². The second-order valence-corrected chi connectivity index (χ2v) is 7.69. The maximum absolute atomic E-state index is 14.1. The molecule has 2 rings (SSSR count). The molecule has 0 saturated heterocycles. The Balaban J connectivity index is 2.25. The van der Waals surface area contributed by atoms with E-state index in [2.05, 4.69) is 5.32 Å². The Hall–Kier alpha value is -2.69. The zero-order chi connectivity index (χ0) is 20.0. The van der Waals surface area contributed by atoms with Crippen LogP contribution >= 0.6 is 0 Å². The van der Waals surface area contributed by atoms with Crippen molar-refractivity contribution in [3.05, 3.63) is 71.5 Å². The van der Waals surface area contributed by atoms with Crippen molar-refractivity contribution in [2.75, 3.05) is 0 Å². The lowest BCUT2D eigenvalue weighted by atomic mass is 10.1. The predicted octanol–water partition coefficient (Wildman–Crippen LogP) is 3.70. The molecule has 2 aromatic carbocycles. The first kappa shape index (κ1) is 20.6. The van der Waals surface area contributed by atoms with E-state index in [9.17, 15) is 14.0 Å². The Labute approximate surface area is 160 Å². The fourth-order valence-electron chi connectivity index (χ4n) is 2.74. The molecule has 0 saturated carbocycles. The number of benzene rings is 2. The van der Waals surface area contributed by atoms with Crippen molar-refractivity contribution >= 4 is 11.8 Å². The monoisotopic (exact) mass is 370 g/mol. The molecule has 5 heteroatoms. The van der Waals surface area contributed by atoms with Crippen LogP contribution < -0.4 is 5.32 Å². The third-order valence-electron chi connectivity index (χ3n) is 4.16. The highest BCUT2D eigenvalue weighted by molar-refractivity contribution is 5.88. The first-order valence-corrected chi connectivity index (χ1v) is 9.06. The average Bonchev–Trinajstić information content (AvgIpc) is 2.59. The summed E-state index contributed by atoms with van der Waals surface area (Å²) in [7, 11) is 0. The highest BCUT2D eigenvalue weighted by atomic mass is 19.1. The molecule has 0 aromatic heterocycles. The van der Waals surface area contributed by atoms with Gasteiger partial charge in [0.05, 0.1) is 6.42 Å². The third-order valence-corrected chi connectivity index (χ3v) is 4.16. The van der Waals surface area contributed by atoms with Crippen molar-refractivity contribution in [1.29, 1.82) is 0 Å². The number of hydrogen-bond acceptors (Lipinski definition) is 2. The quantitative estimate of drug-likeness (QED) is 0.843. The van der Waals surface area contributed by atoms with E-state index in [1.165, 1.54) is 11.0 Å². The predicted molar refractivity (Wildman–Crippen MR) is 104 cm³/mol.